The smallest absolute Gasteiger partial charge is 0.246 e. The van der Waals surface area contributed by atoms with E-state index in [0.29, 0.717) is 13.1 Å². The molecule has 0 aromatic heterocycles. The van der Waals surface area contributed by atoms with Crippen molar-refractivity contribution in [1.82, 2.24) is 4.90 Å². The van der Waals surface area contributed by atoms with Crippen molar-refractivity contribution in [3.63, 3.8) is 0 Å². The van der Waals surface area contributed by atoms with Crippen LogP contribution < -0.4 is 0 Å². The highest BCUT2D eigenvalue weighted by Crippen LogP contribution is 2.13. The van der Waals surface area contributed by atoms with E-state index in [4.69, 9.17) is 9.84 Å². The number of benzene rings is 1. The van der Waals surface area contributed by atoms with Crippen LogP contribution in [0.25, 0.3) is 6.08 Å². The summed E-state index contributed by atoms with van der Waals surface area (Å²) >= 11 is 3.37. The molecule has 2 unspecified atom stereocenters. The summed E-state index contributed by atoms with van der Waals surface area (Å²) in [5, 5.41) is 9.16. The molecule has 1 N–H and O–H groups in total. The van der Waals surface area contributed by atoms with Crippen molar-refractivity contribution in [1.29, 1.82) is 0 Å². The normalized spacial score (nSPS) is 23.2. The van der Waals surface area contributed by atoms with Crippen molar-refractivity contribution in [2.45, 2.75) is 19.1 Å². The van der Waals surface area contributed by atoms with Crippen LogP contribution >= 0.6 is 15.9 Å². The maximum atomic E-state index is 12.1. The minimum Gasteiger partial charge on any atom is -0.394 e. The number of amides is 1. The Morgan fingerprint density at radius 2 is 2.15 bits per heavy atom. The van der Waals surface area contributed by atoms with E-state index in [1.807, 2.05) is 31.2 Å². The van der Waals surface area contributed by atoms with Gasteiger partial charge in [-0.1, -0.05) is 28.1 Å². The van der Waals surface area contributed by atoms with E-state index in [1.165, 1.54) is 0 Å². The lowest BCUT2D eigenvalue weighted by atomic mass is 10.2. The fourth-order valence-corrected chi connectivity index (χ4v) is 2.44. The number of halogens is 1. The molecule has 108 valence electrons. The average molecular weight is 340 g/mol. The number of aliphatic hydroxyl groups excluding tert-OH is 1. The van der Waals surface area contributed by atoms with E-state index in [-0.39, 0.29) is 24.7 Å². The molecule has 1 aromatic rings. The summed E-state index contributed by atoms with van der Waals surface area (Å²) in [6.07, 6.45) is 3.02. The molecule has 2 atom stereocenters. The summed E-state index contributed by atoms with van der Waals surface area (Å²) in [5.41, 5.74) is 0.974. The summed E-state index contributed by atoms with van der Waals surface area (Å²) in [7, 11) is 0. The molecule has 0 aliphatic carbocycles. The molecule has 0 saturated carbocycles. The first kappa shape index (κ1) is 15.2. The number of ether oxygens (including phenoxy) is 1. The molecular weight excluding hydrogens is 322 g/mol. The van der Waals surface area contributed by atoms with Crippen LogP contribution in [0.1, 0.15) is 12.5 Å². The molecule has 1 fully saturated rings. The Hall–Kier alpha value is -1.17. The zero-order valence-corrected chi connectivity index (χ0v) is 12.9. The van der Waals surface area contributed by atoms with Crippen LogP contribution in [0.15, 0.2) is 34.8 Å². The van der Waals surface area contributed by atoms with Crippen molar-refractivity contribution in [3.8, 4) is 0 Å². The highest BCUT2D eigenvalue weighted by atomic mass is 79.9. The standard InChI is InChI=1S/C15H18BrNO3/c1-11-8-17(9-14(10-18)20-11)15(19)7-4-12-2-5-13(16)6-3-12/h2-7,11,14,18H,8-10H2,1H3/b7-4+. The molecule has 1 aliphatic heterocycles. The summed E-state index contributed by atoms with van der Waals surface area (Å²) in [4.78, 5) is 13.9. The maximum Gasteiger partial charge on any atom is 0.246 e. The largest absolute Gasteiger partial charge is 0.394 e. The van der Waals surface area contributed by atoms with E-state index >= 15 is 0 Å². The van der Waals surface area contributed by atoms with Gasteiger partial charge in [-0.15, -0.1) is 0 Å². The van der Waals surface area contributed by atoms with Crippen molar-refractivity contribution in [2.75, 3.05) is 19.7 Å². The molecule has 1 saturated heterocycles. The Balaban J connectivity index is 1.98. The van der Waals surface area contributed by atoms with Gasteiger partial charge >= 0.3 is 0 Å². The zero-order chi connectivity index (χ0) is 14.5. The number of hydrogen-bond donors (Lipinski definition) is 1. The molecule has 2 rings (SSSR count). The Bertz CT molecular complexity index is 486. The molecule has 0 bridgehead atoms. The van der Waals surface area contributed by atoms with Crippen LogP contribution in [0.3, 0.4) is 0 Å². The van der Waals surface area contributed by atoms with Crippen LogP contribution in [0.2, 0.25) is 0 Å². The molecule has 4 nitrogen and oxygen atoms in total. The van der Waals surface area contributed by atoms with Gasteiger partial charge < -0.3 is 14.7 Å². The van der Waals surface area contributed by atoms with E-state index in [1.54, 1.807) is 17.1 Å². The Kier molecular flexibility index (Phi) is 5.34. The molecule has 0 spiro atoms. The Morgan fingerprint density at radius 1 is 1.45 bits per heavy atom. The summed E-state index contributed by atoms with van der Waals surface area (Å²) in [6, 6.07) is 7.74. The van der Waals surface area contributed by atoms with Crippen LogP contribution in [0.5, 0.6) is 0 Å². The quantitative estimate of drug-likeness (QED) is 0.857. The van der Waals surface area contributed by atoms with Gasteiger partial charge in [0.15, 0.2) is 0 Å². The molecule has 1 amide bonds. The Morgan fingerprint density at radius 3 is 2.80 bits per heavy atom. The lowest BCUT2D eigenvalue weighted by Crippen LogP contribution is -2.49. The van der Waals surface area contributed by atoms with Crippen LogP contribution in [0.4, 0.5) is 0 Å². The fourth-order valence-electron chi connectivity index (χ4n) is 2.17. The number of morpholine rings is 1. The Labute approximate surface area is 127 Å². The van der Waals surface area contributed by atoms with Gasteiger partial charge in [0.05, 0.1) is 18.8 Å². The number of carbonyl (C=O) groups is 1. The third kappa shape index (κ3) is 4.16. The number of rotatable bonds is 3. The first-order valence-electron chi connectivity index (χ1n) is 6.57. The van der Waals surface area contributed by atoms with Crippen molar-refractivity contribution < 1.29 is 14.6 Å². The van der Waals surface area contributed by atoms with Gasteiger partial charge in [0, 0.05) is 23.6 Å². The highest BCUT2D eigenvalue weighted by molar-refractivity contribution is 9.10. The monoisotopic (exact) mass is 339 g/mol. The minimum absolute atomic E-state index is 0.0501. The second-order valence-corrected chi connectivity index (χ2v) is 5.80. The van der Waals surface area contributed by atoms with Crippen LogP contribution in [-0.4, -0.2) is 47.8 Å². The third-order valence-electron chi connectivity index (χ3n) is 3.13. The van der Waals surface area contributed by atoms with Crippen molar-refractivity contribution in [3.05, 3.63) is 40.4 Å². The van der Waals surface area contributed by atoms with Gasteiger partial charge in [-0.3, -0.25) is 4.79 Å². The molecule has 0 radical (unpaired) electrons. The van der Waals surface area contributed by atoms with E-state index in [2.05, 4.69) is 15.9 Å². The molecule has 20 heavy (non-hydrogen) atoms. The van der Waals surface area contributed by atoms with Crippen LogP contribution in [-0.2, 0) is 9.53 Å². The molecule has 1 aromatic carbocycles. The highest BCUT2D eigenvalue weighted by Gasteiger charge is 2.26. The third-order valence-corrected chi connectivity index (χ3v) is 3.66. The lowest BCUT2D eigenvalue weighted by molar-refractivity contribution is -0.142. The number of aliphatic hydroxyl groups is 1. The van der Waals surface area contributed by atoms with Crippen molar-refractivity contribution in [2.24, 2.45) is 0 Å². The van der Waals surface area contributed by atoms with E-state index in [9.17, 15) is 4.79 Å². The molecular formula is C15H18BrNO3. The average Bonchev–Trinajstić information content (AvgIpc) is 2.45. The second-order valence-electron chi connectivity index (χ2n) is 4.88. The molecule has 1 heterocycles. The first-order chi connectivity index (χ1) is 9.58. The van der Waals surface area contributed by atoms with Gasteiger partial charge in [0.25, 0.3) is 0 Å². The fraction of sp³-hybridized carbons (Fsp3) is 0.400. The number of carbonyl (C=O) groups excluding carboxylic acids is 1. The lowest BCUT2D eigenvalue weighted by Gasteiger charge is -2.35. The topological polar surface area (TPSA) is 49.8 Å². The van der Waals surface area contributed by atoms with Gasteiger partial charge in [0.2, 0.25) is 5.91 Å². The summed E-state index contributed by atoms with van der Waals surface area (Å²) < 4.78 is 6.53. The minimum atomic E-state index is -0.288. The summed E-state index contributed by atoms with van der Waals surface area (Å²) in [6.45, 7) is 2.83. The van der Waals surface area contributed by atoms with Crippen LogP contribution in [0, 0.1) is 0 Å². The first-order valence-corrected chi connectivity index (χ1v) is 7.36. The molecule has 1 aliphatic rings. The van der Waals surface area contributed by atoms with Gasteiger partial charge in [0.1, 0.15) is 0 Å². The molecule has 5 heteroatoms. The van der Waals surface area contributed by atoms with Gasteiger partial charge in [-0.2, -0.15) is 0 Å². The van der Waals surface area contributed by atoms with Gasteiger partial charge in [-0.25, -0.2) is 0 Å². The zero-order valence-electron chi connectivity index (χ0n) is 11.3. The van der Waals surface area contributed by atoms with E-state index in [0.717, 1.165) is 10.0 Å². The van der Waals surface area contributed by atoms with E-state index < -0.39 is 0 Å². The summed E-state index contributed by atoms with van der Waals surface area (Å²) in [5.74, 6) is -0.0541. The van der Waals surface area contributed by atoms with Crippen molar-refractivity contribution >= 4 is 27.9 Å². The SMILES string of the molecule is CC1CN(C(=O)/C=C/c2ccc(Br)cc2)CC(CO)O1. The second kappa shape index (κ2) is 7.02. The number of nitrogens with zero attached hydrogens (tertiary/aromatic N) is 1. The predicted octanol–water partition coefficient (Wildman–Crippen LogP) is 2.07. The number of hydrogen-bond acceptors (Lipinski definition) is 3. The predicted molar refractivity (Wildman–Crippen MR) is 81.2 cm³/mol. The maximum absolute atomic E-state index is 12.1. The van der Waals surface area contributed by atoms with Gasteiger partial charge in [-0.05, 0) is 30.7 Å².